The molecule has 1 aliphatic rings. The largest absolute Gasteiger partial charge is 0.330 e. The third-order valence-electron chi connectivity index (χ3n) is 2.74. The van der Waals surface area contributed by atoms with Crippen molar-refractivity contribution in [2.24, 2.45) is 11.7 Å². The second-order valence-corrected chi connectivity index (χ2v) is 3.66. The average Bonchev–Trinajstić information content (AvgIpc) is 2.09. The van der Waals surface area contributed by atoms with Crippen molar-refractivity contribution < 1.29 is 0 Å². The van der Waals surface area contributed by atoms with Gasteiger partial charge in [0.25, 0.3) is 0 Å². The Morgan fingerprint density at radius 3 is 2.92 bits per heavy atom. The highest BCUT2D eigenvalue weighted by molar-refractivity contribution is 4.92. The van der Waals surface area contributed by atoms with Gasteiger partial charge in [-0.3, -0.25) is 4.90 Å². The lowest BCUT2D eigenvalue weighted by Crippen LogP contribution is -2.43. The number of rotatable bonds is 2. The first-order valence-electron chi connectivity index (χ1n) is 4.65. The number of likely N-dealkylation sites (tertiary alicyclic amines) is 1. The molecule has 0 aromatic carbocycles. The molecular weight excluding hydrogens is 148 g/mol. The highest BCUT2D eigenvalue weighted by Gasteiger charge is 2.23. The van der Waals surface area contributed by atoms with Crippen molar-refractivity contribution in [3.05, 3.63) is 0 Å². The highest BCUT2D eigenvalue weighted by Crippen LogP contribution is 2.20. The lowest BCUT2D eigenvalue weighted by Gasteiger charge is -2.36. The zero-order valence-corrected chi connectivity index (χ0v) is 7.79. The van der Waals surface area contributed by atoms with E-state index in [1.165, 1.54) is 12.8 Å². The number of nitrogens with two attached hydrogens (primary N) is 1. The van der Waals surface area contributed by atoms with Crippen molar-refractivity contribution in [3.63, 3.8) is 0 Å². The van der Waals surface area contributed by atoms with Crippen LogP contribution in [0.4, 0.5) is 0 Å². The molecule has 2 unspecified atom stereocenters. The van der Waals surface area contributed by atoms with E-state index in [1.807, 2.05) is 0 Å². The van der Waals surface area contributed by atoms with Crippen LogP contribution in [0, 0.1) is 18.3 Å². The molecule has 0 bridgehead atoms. The van der Waals surface area contributed by atoms with Crippen LogP contribution in [0.1, 0.15) is 19.8 Å². The normalized spacial score (nSPS) is 31.4. The third kappa shape index (κ3) is 2.23. The van der Waals surface area contributed by atoms with Gasteiger partial charge in [0.1, 0.15) is 0 Å². The summed E-state index contributed by atoms with van der Waals surface area (Å²) in [5, 5.41) is 0. The van der Waals surface area contributed by atoms with Crippen LogP contribution in [0.5, 0.6) is 0 Å². The maximum atomic E-state index is 5.63. The topological polar surface area (TPSA) is 29.3 Å². The minimum absolute atomic E-state index is 0.642. The Balaban J connectivity index is 2.42. The quantitative estimate of drug-likeness (QED) is 0.611. The molecule has 1 fully saturated rings. The van der Waals surface area contributed by atoms with Crippen molar-refractivity contribution in [1.29, 1.82) is 0 Å². The lowest BCUT2D eigenvalue weighted by atomic mass is 9.94. The van der Waals surface area contributed by atoms with E-state index in [9.17, 15) is 0 Å². The maximum absolute atomic E-state index is 5.63. The molecule has 0 spiro atoms. The zero-order chi connectivity index (χ0) is 8.97. The first-order chi connectivity index (χ1) is 5.77. The van der Waals surface area contributed by atoms with Gasteiger partial charge in [0.15, 0.2) is 0 Å². The summed E-state index contributed by atoms with van der Waals surface area (Å²) in [5.74, 6) is 3.36. The van der Waals surface area contributed by atoms with Gasteiger partial charge in [-0.05, 0) is 32.2 Å². The first kappa shape index (κ1) is 9.57. The molecule has 2 atom stereocenters. The fourth-order valence-electron chi connectivity index (χ4n) is 1.79. The Bertz CT molecular complexity index is 171. The predicted octanol–water partition coefficient (Wildman–Crippen LogP) is 0.679. The van der Waals surface area contributed by atoms with Crippen LogP contribution in [-0.2, 0) is 0 Å². The molecule has 0 aliphatic carbocycles. The molecule has 2 N–H and O–H groups in total. The van der Waals surface area contributed by atoms with Crippen LogP contribution in [0.25, 0.3) is 0 Å². The summed E-state index contributed by atoms with van der Waals surface area (Å²) >= 11 is 0. The third-order valence-corrected chi connectivity index (χ3v) is 2.74. The predicted molar refractivity (Wildman–Crippen MR) is 51.6 cm³/mol. The van der Waals surface area contributed by atoms with E-state index in [0.717, 1.165) is 19.6 Å². The van der Waals surface area contributed by atoms with Gasteiger partial charge in [-0.15, -0.1) is 6.42 Å². The number of hydrogen-bond acceptors (Lipinski definition) is 2. The molecule has 0 radical (unpaired) electrons. The molecule has 12 heavy (non-hydrogen) atoms. The van der Waals surface area contributed by atoms with Crippen molar-refractivity contribution in [1.82, 2.24) is 4.90 Å². The maximum Gasteiger partial charge on any atom is 0.0601 e. The van der Waals surface area contributed by atoms with Crippen LogP contribution in [0.2, 0.25) is 0 Å². The molecule has 1 aliphatic heterocycles. The highest BCUT2D eigenvalue weighted by atomic mass is 15.2. The second-order valence-electron chi connectivity index (χ2n) is 3.66. The van der Waals surface area contributed by atoms with Crippen LogP contribution >= 0.6 is 0 Å². The molecule has 2 heteroatoms. The molecule has 1 saturated heterocycles. The van der Waals surface area contributed by atoms with Gasteiger partial charge >= 0.3 is 0 Å². The Morgan fingerprint density at radius 1 is 1.58 bits per heavy atom. The van der Waals surface area contributed by atoms with Crippen LogP contribution in [0.3, 0.4) is 0 Å². The van der Waals surface area contributed by atoms with E-state index in [1.54, 1.807) is 0 Å². The van der Waals surface area contributed by atoms with Crippen LogP contribution in [-0.4, -0.2) is 30.6 Å². The SMILES string of the molecule is C#CCN1CC(CN)CCC1C. The molecule has 0 saturated carbocycles. The summed E-state index contributed by atoms with van der Waals surface area (Å²) in [6, 6.07) is 0.642. The first-order valence-corrected chi connectivity index (χ1v) is 4.65. The van der Waals surface area contributed by atoms with E-state index < -0.39 is 0 Å². The Morgan fingerprint density at radius 2 is 2.33 bits per heavy atom. The van der Waals surface area contributed by atoms with Crippen LogP contribution < -0.4 is 5.73 Å². The smallest absolute Gasteiger partial charge is 0.0601 e. The number of nitrogens with zero attached hydrogens (tertiary/aromatic N) is 1. The molecule has 0 amide bonds. The Labute approximate surface area is 75.1 Å². The lowest BCUT2D eigenvalue weighted by molar-refractivity contribution is 0.137. The Kier molecular flexibility index (Phi) is 3.58. The number of piperidine rings is 1. The van der Waals surface area contributed by atoms with Crippen molar-refractivity contribution in [2.75, 3.05) is 19.6 Å². The van der Waals surface area contributed by atoms with Gasteiger partial charge in [0.05, 0.1) is 6.54 Å². The van der Waals surface area contributed by atoms with Gasteiger partial charge in [-0.1, -0.05) is 5.92 Å². The number of hydrogen-bond donors (Lipinski definition) is 1. The van der Waals surface area contributed by atoms with Gasteiger partial charge < -0.3 is 5.73 Å². The van der Waals surface area contributed by atoms with E-state index in [4.69, 9.17) is 12.2 Å². The van der Waals surface area contributed by atoms with E-state index in [0.29, 0.717) is 12.0 Å². The fourth-order valence-corrected chi connectivity index (χ4v) is 1.79. The average molecular weight is 166 g/mol. The van der Waals surface area contributed by atoms with E-state index >= 15 is 0 Å². The van der Waals surface area contributed by atoms with Gasteiger partial charge in [0.2, 0.25) is 0 Å². The molecule has 68 valence electrons. The molecule has 0 aromatic rings. The second kappa shape index (κ2) is 4.49. The summed E-state index contributed by atoms with van der Waals surface area (Å²) in [5.41, 5.74) is 5.63. The summed E-state index contributed by atoms with van der Waals surface area (Å²) in [6.45, 7) is 4.90. The van der Waals surface area contributed by atoms with E-state index in [-0.39, 0.29) is 0 Å². The molecule has 1 heterocycles. The van der Waals surface area contributed by atoms with Gasteiger partial charge in [-0.2, -0.15) is 0 Å². The minimum Gasteiger partial charge on any atom is -0.330 e. The monoisotopic (exact) mass is 166 g/mol. The fraction of sp³-hybridized carbons (Fsp3) is 0.800. The summed E-state index contributed by atoms with van der Waals surface area (Å²) in [6.07, 6.45) is 7.79. The van der Waals surface area contributed by atoms with Gasteiger partial charge in [-0.25, -0.2) is 0 Å². The summed E-state index contributed by atoms with van der Waals surface area (Å²) in [4.78, 5) is 2.35. The Hall–Kier alpha value is -0.520. The van der Waals surface area contributed by atoms with Crippen molar-refractivity contribution in [2.45, 2.75) is 25.8 Å². The molecule has 0 aromatic heterocycles. The van der Waals surface area contributed by atoms with Crippen molar-refractivity contribution in [3.8, 4) is 12.3 Å². The van der Waals surface area contributed by atoms with Gasteiger partial charge in [0, 0.05) is 12.6 Å². The molecule has 1 rings (SSSR count). The standard InChI is InChI=1S/C10H18N2/c1-3-6-12-8-10(7-11)5-4-9(12)2/h1,9-10H,4-8,11H2,2H3. The zero-order valence-electron chi connectivity index (χ0n) is 7.79. The number of terminal acetylenes is 1. The summed E-state index contributed by atoms with van der Waals surface area (Å²) < 4.78 is 0. The van der Waals surface area contributed by atoms with Crippen LogP contribution in [0.15, 0.2) is 0 Å². The molecule has 2 nitrogen and oxygen atoms in total. The minimum atomic E-state index is 0.642. The molecular formula is C10H18N2. The van der Waals surface area contributed by atoms with E-state index in [2.05, 4.69) is 17.7 Å². The summed E-state index contributed by atoms with van der Waals surface area (Å²) in [7, 11) is 0. The van der Waals surface area contributed by atoms with Crippen molar-refractivity contribution >= 4 is 0 Å².